The second kappa shape index (κ2) is 7.23. The smallest absolute Gasteiger partial charge is 0.316 e. The maximum Gasteiger partial charge on any atom is 0.316 e. The topological polar surface area (TPSA) is 87.3 Å². The average molecular weight is 325 g/mol. The molecule has 1 heterocycles. The highest BCUT2D eigenvalue weighted by Gasteiger charge is 2.25. The van der Waals surface area contributed by atoms with E-state index in [9.17, 15) is 14.4 Å². The molecule has 1 aliphatic heterocycles. The van der Waals surface area contributed by atoms with Crippen LogP contribution in [0.2, 0.25) is 0 Å². The summed E-state index contributed by atoms with van der Waals surface area (Å²) in [6.07, 6.45) is 1.34. The molecule has 124 valence electrons. The van der Waals surface area contributed by atoms with Gasteiger partial charge in [-0.15, -0.1) is 0 Å². The van der Waals surface area contributed by atoms with Gasteiger partial charge in [-0.3, -0.25) is 19.7 Å². The lowest BCUT2D eigenvalue weighted by atomic mass is 9.97. The maximum absolute atomic E-state index is 12.0. The largest absolute Gasteiger partial charge is 0.318 e. The molecule has 2 aromatic carbocycles. The van der Waals surface area contributed by atoms with E-state index in [1.165, 1.54) is 0 Å². The Hall–Kier alpha value is -2.73. The van der Waals surface area contributed by atoms with Gasteiger partial charge in [-0.05, 0) is 48.8 Å². The van der Waals surface area contributed by atoms with Crippen LogP contribution in [0.15, 0.2) is 42.5 Å². The van der Waals surface area contributed by atoms with Crippen LogP contribution >= 0.6 is 0 Å². The van der Waals surface area contributed by atoms with Crippen LogP contribution in [0.25, 0.3) is 10.8 Å². The van der Waals surface area contributed by atoms with E-state index in [0.29, 0.717) is 18.5 Å². The highest BCUT2D eigenvalue weighted by Crippen LogP contribution is 2.18. The van der Waals surface area contributed by atoms with Crippen LogP contribution in [-0.4, -0.2) is 30.8 Å². The first-order valence-corrected chi connectivity index (χ1v) is 7.99. The Labute approximate surface area is 139 Å². The molecular formula is C18H19N3O3. The number of imide groups is 1. The summed E-state index contributed by atoms with van der Waals surface area (Å²) in [5.74, 6) is -2.36. The first-order valence-electron chi connectivity index (χ1n) is 7.99. The van der Waals surface area contributed by atoms with Crippen molar-refractivity contribution in [3.63, 3.8) is 0 Å². The van der Waals surface area contributed by atoms with Gasteiger partial charge in [-0.1, -0.05) is 30.3 Å². The van der Waals surface area contributed by atoms with Crippen molar-refractivity contribution in [2.75, 3.05) is 18.4 Å². The Morgan fingerprint density at radius 2 is 1.62 bits per heavy atom. The number of carbonyl (C=O) groups excluding carboxylic acids is 3. The molecule has 0 radical (unpaired) electrons. The number of piperidine rings is 1. The number of benzene rings is 2. The minimum absolute atomic E-state index is 0.219. The fourth-order valence-electron chi connectivity index (χ4n) is 2.81. The van der Waals surface area contributed by atoms with E-state index in [-0.39, 0.29) is 11.8 Å². The van der Waals surface area contributed by atoms with E-state index < -0.39 is 11.8 Å². The third kappa shape index (κ3) is 3.78. The molecule has 1 saturated heterocycles. The molecule has 0 atom stereocenters. The van der Waals surface area contributed by atoms with Gasteiger partial charge < -0.3 is 10.6 Å². The predicted octanol–water partition coefficient (Wildman–Crippen LogP) is 1.42. The highest BCUT2D eigenvalue weighted by atomic mass is 16.2. The Kier molecular flexibility index (Phi) is 4.86. The molecule has 1 fully saturated rings. The van der Waals surface area contributed by atoms with E-state index in [0.717, 1.165) is 23.9 Å². The number of amides is 3. The summed E-state index contributed by atoms with van der Waals surface area (Å²) in [5.41, 5.74) is 0.517. The molecule has 0 unspecified atom stereocenters. The number of rotatable bonds is 2. The first-order chi connectivity index (χ1) is 11.6. The van der Waals surface area contributed by atoms with Crippen LogP contribution in [0.4, 0.5) is 5.69 Å². The zero-order chi connectivity index (χ0) is 16.9. The number of hydrogen-bond donors (Lipinski definition) is 3. The Morgan fingerprint density at radius 3 is 2.38 bits per heavy atom. The van der Waals surface area contributed by atoms with E-state index >= 15 is 0 Å². The maximum atomic E-state index is 12.0. The van der Waals surface area contributed by atoms with Gasteiger partial charge >= 0.3 is 11.8 Å². The lowest BCUT2D eigenvalue weighted by Gasteiger charge is -2.21. The van der Waals surface area contributed by atoms with Gasteiger partial charge in [0.05, 0.1) is 0 Å². The van der Waals surface area contributed by atoms with E-state index in [1.807, 2.05) is 30.3 Å². The zero-order valence-corrected chi connectivity index (χ0v) is 13.2. The highest BCUT2D eigenvalue weighted by molar-refractivity contribution is 6.42. The summed E-state index contributed by atoms with van der Waals surface area (Å²) in [4.78, 5) is 35.9. The van der Waals surface area contributed by atoms with Crippen molar-refractivity contribution >= 4 is 34.2 Å². The second-order valence-electron chi connectivity index (χ2n) is 5.86. The summed E-state index contributed by atoms with van der Waals surface area (Å²) in [6, 6.07) is 13.1. The monoisotopic (exact) mass is 325 g/mol. The standard InChI is InChI=1S/C18H19N3O3/c22-16(13-7-9-19-10-8-13)21-18(24)17(23)20-15-6-5-12-3-1-2-4-14(12)11-15/h1-6,11,13,19H,7-10H2,(H,20,23)(H,21,22,24). The predicted molar refractivity (Wildman–Crippen MR) is 91.3 cm³/mol. The molecular weight excluding hydrogens is 306 g/mol. The molecule has 6 nitrogen and oxygen atoms in total. The van der Waals surface area contributed by atoms with Gasteiger partial charge in [0.15, 0.2) is 0 Å². The molecule has 3 amide bonds. The van der Waals surface area contributed by atoms with Crippen molar-refractivity contribution in [2.45, 2.75) is 12.8 Å². The summed E-state index contributed by atoms with van der Waals surface area (Å²) in [7, 11) is 0. The molecule has 24 heavy (non-hydrogen) atoms. The SMILES string of the molecule is O=C(NC(=O)C1CCNCC1)C(=O)Nc1ccc2ccccc2c1. The molecule has 3 N–H and O–H groups in total. The van der Waals surface area contributed by atoms with E-state index in [2.05, 4.69) is 16.0 Å². The minimum Gasteiger partial charge on any atom is -0.318 e. The number of hydrogen-bond acceptors (Lipinski definition) is 4. The van der Waals surface area contributed by atoms with Gasteiger partial charge in [0, 0.05) is 11.6 Å². The molecule has 0 saturated carbocycles. The molecule has 6 heteroatoms. The summed E-state index contributed by atoms with van der Waals surface area (Å²) >= 11 is 0. The van der Waals surface area contributed by atoms with Crippen LogP contribution in [0.1, 0.15) is 12.8 Å². The van der Waals surface area contributed by atoms with Crippen LogP contribution in [-0.2, 0) is 14.4 Å². The molecule has 3 rings (SSSR count). The quantitative estimate of drug-likeness (QED) is 0.729. The van der Waals surface area contributed by atoms with Crippen LogP contribution in [0.3, 0.4) is 0 Å². The molecule has 0 aromatic heterocycles. The van der Waals surface area contributed by atoms with Gasteiger partial charge in [0.25, 0.3) is 0 Å². The average Bonchev–Trinajstić information content (AvgIpc) is 2.62. The van der Waals surface area contributed by atoms with Crippen molar-refractivity contribution in [3.05, 3.63) is 42.5 Å². The third-order valence-corrected chi connectivity index (χ3v) is 4.16. The lowest BCUT2D eigenvalue weighted by Crippen LogP contribution is -2.44. The summed E-state index contributed by atoms with van der Waals surface area (Å²) in [5, 5.41) is 9.87. The lowest BCUT2D eigenvalue weighted by molar-refractivity contribution is -0.141. The molecule has 2 aromatic rings. The third-order valence-electron chi connectivity index (χ3n) is 4.16. The Bertz CT molecular complexity index is 782. The summed E-state index contributed by atoms with van der Waals surface area (Å²) < 4.78 is 0. The fourth-order valence-corrected chi connectivity index (χ4v) is 2.81. The number of carbonyl (C=O) groups is 3. The normalized spacial score (nSPS) is 15.0. The Balaban J connectivity index is 1.60. The van der Waals surface area contributed by atoms with Crippen LogP contribution in [0, 0.1) is 5.92 Å². The van der Waals surface area contributed by atoms with Gasteiger partial charge in [-0.25, -0.2) is 0 Å². The Morgan fingerprint density at radius 1 is 0.917 bits per heavy atom. The minimum atomic E-state index is -0.924. The molecule has 0 spiro atoms. The number of anilines is 1. The van der Waals surface area contributed by atoms with Gasteiger partial charge in [0.1, 0.15) is 0 Å². The summed E-state index contributed by atoms with van der Waals surface area (Å²) in [6.45, 7) is 1.49. The zero-order valence-electron chi connectivity index (χ0n) is 13.2. The first kappa shape index (κ1) is 16.1. The van der Waals surface area contributed by atoms with E-state index in [4.69, 9.17) is 0 Å². The van der Waals surface area contributed by atoms with Gasteiger partial charge in [0.2, 0.25) is 5.91 Å². The van der Waals surface area contributed by atoms with Crippen molar-refractivity contribution < 1.29 is 14.4 Å². The van der Waals surface area contributed by atoms with Crippen molar-refractivity contribution in [1.82, 2.24) is 10.6 Å². The van der Waals surface area contributed by atoms with Crippen molar-refractivity contribution in [3.8, 4) is 0 Å². The molecule has 1 aliphatic rings. The van der Waals surface area contributed by atoms with Crippen LogP contribution < -0.4 is 16.0 Å². The second-order valence-corrected chi connectivity index (χ2v) is 5.86. The van der Waals surface area contributed by atoms with Crippen LogP contribution in [0.5, 0.6) is 0 Å². The molecule has 0 aliphatic carbocycles. The van der Waals surface area contributed by atoms with Gasteiger partial charge in [-0.2, -0.15) is 0 Å². The van der Waals surface area contributed by atoms with Crippen molar-refractivity contribution in [2.24, 2.45) is 5.92 Å². The number of nitrogens with one attached hydrogen (secondary N) is 3. The fraction of sp³-hybridized carbons (Fsp3) is 0.278. The molecule has 0 bridgehead atoms. The van der Waals surface area contributed by atoms with Crippen molar-refractivity contribution in [1.29, 1.82) is 0 Å². The number of fused-ring (bicyclic) bond motifs is 1. The van der Waals surface area contributed by atoms with E-state index in [1.54, 1.807) is 12.1 Å².